The predicted molar refractivity (Wildman–Crippen MR) is 105 cm³/mol. The second kappa shape index (κ2) is 9.43. The summed E-state index contributed by atoms with van der Waals surface area (Å²) in [5, 5.41) is 5.55. The maximum Gasteiger partial charge on any atom is 0.258 e. The third-order valence-corrected chi connectivity index (χ3v) is 4.77. The fraction of sp³-hybridized carbons (Fsp3) is 0.333. The Kier molecular flexibility index (Phi) is 6.73. The quantitative estimate of drug-likeness (QED) is 0.802. The summed E-state index contributed by atoms with van der Waals surface area (Å²) in [6.07, 6.45) is 0. The molecule has 148 valence electrons. The van der Waals surface area contributed by atoms with Crippen LogP contribution in [0.2, 0.25) is 0 Å². The van der Waals surface area contributed by atoms with Crippen molar-refractivity contribution in [2.75, 3.05) is 38.2 Å². The molecule has 0 bridgehead atoms. The topological polar surface area (TPSA) is 70.7 Å². The summed E-state index contributed by atoms with van der Waals surface area (Å²) in [6, 6.07) is 12.6. The van der Waals surface area contributed by atoms with E-state index in [-0.39, 0.29) is 17.5 Å². The maximum absolute atomic E-state index is 13.8. The minimum absolute atomic E-state index is 0.0707. The van der Waals surface area contributed by atoms with Crippen molar-refractivity contribution in [3.8, 4) is 0 Å². The molecular formula is C21H24FN3O3. The number of halogens is 1. The number of hydrogen-bond donors (Lipinski definition) is 2. The van der Waals surface area contributed by atoms with Gasteiger partial charge in [-0.25, -0.2) is 4.39 Å². The molecule has 3 rings (SSSR count). The van der Waals surface area contributed by atoms with Gasteiger partial charge < -0.3 is 15.4 Å². The van der Waals surface area contributed by atoms with Gasteiger partial charge in [-0.15, -0.1) is 0 Å². The zero-order chi connectivity index (χ0) is 19.9. The zero-order valence-corrected chi connectivity index (χ0v) is 15.8. The van der Waals surface area contributed by atoms with E-state index in [1.165, 1.54) is 18.2 Å². The van der Waals surface area contributed by atoms with Crippen molar-refractivity contribution >= 4 is 17.5 Å². The van der Waals surface area contributed by atoms with E-state index < -0.39 is 11.7 Å². The summed E-state index contributed by atoms with van der Waals surface area (Å²) < 4.78 is 19.2. The van der Waals surface area contributed by atoms with Crippen molar-refractivity contribution in [3.63, 3.8) is 0 Å². The van der Waals surface area contributed by atoms with E-state index in [4.69, 9.17) is 4.74 Å². The van der Waals surface area contributed by atoms with Crippen molar-refractivity contribution in [1.29, 1.82) is 0 Å². The molecule has 0 aromatic heterocycles. The monoisotopic (exact) mass is 385 g/mol. The van der Waals surface area contributed by atoms with Gasteiger partial charge in [-0.1, -0.05) is 24.3 Å². The lowest BCUT2D eigenvalue weighted by molar-refractivity contribution is 0.0204. The fourth-order valence-corrected chi connectivity index (χ4v) is 3.11. The Morgan fingerprint density at radius 3 is 2.39 bits per heavy atom. The van der Waals surface area contributed by atoms with Crippen LogP contribution in [0.4, 0.5) is 10.1 Å². The molecule has 7 heteroatoms. The highest BCUT2D eigenvalue weighted by Crippen LogP contribution is 2.17. The highest BCUT2D eigenvalue weighted by molar-refractivity contribution is 6.09. The van der Waals surface area contributed by atoms with Crippen LogP contribution in [0.15, 0.2) is 48.5 Å². The number of anilines is 1. The van der Waals surface area contributed by atoms with Crippen molar-refractivity contribution in [2.24, 2.45) is 0 Å². The van der Waals surface area contributed by atoms with Crippen LogP contribution in [0.1, 0.15) is 27.6 Å². The first-order valence-electron chi connectivity index (χ1n) is 9.31. The molecule has 0 spiro atoms. The molecule has 1 heterocycles. The SMILES string of the molecule is CC(CNC(=O)c1ccccc1NC(=O)c1ccccc1F)N1CCOCC1. The molecule has 1 unspecified atom stereocenters. The van der Waals surface area contributed by atoms with E-state index in [9.17, 15) is 14.0 Å². The Bertz CT molecular complexity index is 837. The number of hydrogen-bond acceptors (Lipinski definition) is 4. The number of benzene rings is 2. The second-order valence-corrected chi connectivity index (χ2v) is 6.69. The van der Waals surface area contributed by atoms with Gasteiger partial charge in [-0.3, -0.25) is 14.5 Å². The first-order valence-corrected chi connectivity index (χ1v) is 9.31. The van der Waals surface area contributed by atoms with E-state index in [1.807, 2.05) is 0 Å². The number of rotatable bonds is 6. The third-order valence-electron chi connectivity index (χ3n) is 4.77. The molecule has 2 amide bonds. The lowest BCUT2D eigenvalue weighted by Crippen LogP contribution is -2.47. The standard InChI is InChI=1S/C21H24FN3O3/c1-15(25-10-12-28-13-11-25)14-23-20(26)17-7-3-5-9-19(17)24-21(27)16-6-2-4-8-18(16)22/h2-9,15H,10-14H2,1H3,(H,23,26)(H,24,27). The second-order valence-electron chi connectivity index (χ2n) is 6.69. The van der Waals surface area contributed by atoms with Crippen molar-refractivity contribution in [3.05, 3.63) is 65.5 Å². The summed E-state index contributed by atoms with van der Waals surface area (Å²) in [5.41, 5.74) is 0.604. The highest BCUT2D eigenvalue weighted by atomic mass is 19.1. The normalized spacial score (nSPS) is 15.6. The number of amides is 2. The first-order chi connectivity index (χ1) is 13.6. The molecule has 6 nitrogen and oxygen atoms in total. The summed E-state index contributed by atoms with van der Waals surface area (Å²) in [6.45, 7) is 5.61. The summed E-state index contributed by atoms with van der Waals surface area (Å²) in [5.74, 6) is -1.49. The Morgan fingerprint density at radius 2 is 1.68 bits per heavy atom. The van der Waals surface area contributed by atoms with Crippen LogP contribution in [-0.2, 0) is 4.74 Å². The number of nitrogens with zero attached hydrogens (tertiary/aromatic N) is 1. The molecule has 1 aliphatic heterocycles. The minimum Gasteiger partial charge on any atom is -0.379 e. The molecule has 1 saturated heterocycles. The average Bonchev–Trinajstić information content (AvgIpc) is 2.73. The van der Waals surface area contributed by atoms with Crippen LogP contribution in [0.5, 0.6) is 0 Å². The zero-order valence-electron chi connectivity index (χ0n) is 15.8. The van der Waals surface area contributed by atoms with E-state index in [2.05, 4.69) is 22.5 Å². The predicted octanol–water partition coefficient (Wildman–Crippen LogP) is 2.53. The van der Waals surface area contributed by atoms with Crippen molar-refractivity contribution < 1.29 is 18.7 Å². The largest absolute Gasteiger partial charge is 0.379 e. The molecule has 2 N–H and O–H groups in total. The Balaban J connectivity index is 1.65. The molecule has 2 aromatic carbocycles. The van der Waals surface area contributed by atoms with E-state index in [0.29, 0.717) is 31.0 Å². The molecule has 0 saturated carbocycles. The van der Waals surface area contributed by atoms with E-state index in [1.54, 1.807) is 30.3 Å². The van der Waals surface area contributed by atoms with Crippen molar-refractivity contribution in [2.45, 2.75) is 13.0 Å². The number of ether oxygens (including phenoxy) is 1. The maximum atomic E-state index is 13.8. The number of carbonyl (C=O) groups excluding carboxylic acids is 2. The van der Waals surface area contributed by atoms with Crippen LogP contribution in [-0.4, -0.2) is 55.6 Å². The van der Waals surface area contributed by atoms with Gasteiger partial charge in [0.1, 0.15) is 5.82 Å². The van der Waals surface area contributed by atoms with E-state index in [0.717, 1.165) is 13.1 Å². The van der Waals surface area contributed by atoms with Gasteiger partial charge in [0, 0.05) is 25.7 Å². The van der Waals surface area contributed by atoms with Gasteiger partial charge >= 0.3 is 0 Å². The fourth-order valence-electron chi connectivity index (χ4n) is 3.11. The van der Waals surface area contributed by atoms with Crippen LogP contribution < -0.4 is 10.6 Å². The van der Waals surface area contributed by atoms with Gasteiger partial charge in [0.2, 0.25) is 0 Å². The number of carbonyl (C=O) groups is 2. The number of nitrogens with one attached hydrogen (secondary N) is 2. The molecule has 1 atom stereocenters. The molecule has 2 aromatic rings. The van der Waals surface area contributed by atoms with Crippen molar-refractivity contribution in [1.82, 2.24) is 10.2 Å². The van der Waals surface area contributed by atoms with Gasteiger partial charge in [0.25, 0.3) is 11.8 Å². The highest BCUT2D eigenvalue weighted by Gasteiger charge is 2.19. The molecule has 1 fully saturated rings. The summed E-state index contributed by atoms with van der Waals surface area (Å²) >= 11 is 0. The molecular weight excluding hydrogens is 361 g/mol. The van der Waals surface area contributed by atoms with Crippen LogP contribution in [0, 0.1) is 5.82 Å². The average molecular weight is 385 g/mol. The minimum atomic E-state index is -0.610. The molecule has 1 aliphatic rings. The lowest BCUT2D eigenvalue weighted by atomic mass is 10.1. The summed E-state index contributed by atoms with van der Waals surface area (Å²) in [4.78, 5) is 27.3. The first kappa shape index (κ1) is 20.0. The lowest BCUT2D eigenvalue weighted by Gasteiger charge is -2.32. The van der Waals surface area contributed by atoms with Gasteiger partial charge in [-0.2, -0.15) is 0 Å². The Morgan fingerprint density at radius 1 is 1.04 bits per heavy atom. The van der Waals surface area contributed by atoms with E-state index >= 15 is 0 Å². The summed E-state index contributed by atoms with van der Waals surface area (Å²) in [7, 11) is 0. The Hall–Kier alpha value is -2.77. The van der Waals surface area contributed by atoms with Crippen LogP contribution >= 0.6 is 0 Å². The smallest absolute Gasteiger partial charge is 0.258 e. The number of para-hydroxylation sites is 1. The van der Waals surface area contributed by atoms with Gasteiger partial charge in [0.15, 0.2) is 0 Å². The molecule has 0 aliphatic carbocycles. The number of morpholine rings is 1. The third kappa shape index (κ3) is 4.94. The van der Waals surface area contributed by atoms with Crippen LogP contribution in [0.25, 0.3) is 0 Å². The van der Waals surface area contributed by atoms with Crippen LogP contribution in [0.3, 0.4) is 0 Å². The molecule has 0 radical (unpaired) electrons. The Labute approximate surface area is 163 Å². The van der Waals surface area contributed by atoms with Gasteiger partial charge in [-0.05, 0) is 31.2 Å². The molecule has 28 heavy (non-hydrogen) atoms. The van der Waals surface area contributed by atoms with Gasteiger partial charge in [0.05, 0.1) is 30.0 Å².